The highest BCUT2D eigenvalue weighted by Crippen LogP contribution is 2.25. The second-order valence-electron chi connectivity index (χ2n) is 5.83. The first-order valence-corrected chi connectivity index (χ1v) is 7.54. The first-order valence-electron chi connectivity index (χ1n) is 7.54. The summed E-state index contributed by atoms with van der Waals surface area (Å²) in [4.78, 5) is 13.6. The van der Waals surface area contributed by atoms with E-state index < -0.39 is 6.09 Å². The minimum Gasteiger partial charge on any atom is -0.449 e. The Morgan fingerprint density at radius 2 is 2.05 bits per heavy atom. The van der Waals surface area contributed by atoms with Crippen molar-refractivity contribution in [2.45, 2.75) is 33.1 Å². The number of ether oxygens (including phenoxy) is 1. The summed E-state index contributed by atoms with van der Waals surface area (Å²) in [7, 11) is 0. The van der Waals surface area contributed by atoms with E-state index in [9.17, 15) is 9.18 Å². The van der Waals surface area contributed by atoms with Gasteiger partial charge in [0.25, 0.3) is 0 Å². The topological polar surface area (TPSA) is 41.6 Å². The summed E-state index contributed by atoms with van der Waals surface area (Å²) in [6.45, 7) is 6.04. The lowest BCUT2D eigenvalue weighted by molar-refractivity contribution is 0.147. The Morgan fingerprint density at radius 1 is 1.33 bits per heavy atom. The SMILES string of the molecule is CC(C)COC(=O)Nc1ccc(N2CCCCC2)c(F)c1. The van der Waals surface area contributed by atoms with Gasteiger partial charge in [0.2, 0.25) is 0 Å². The molecule has 1 aliphatic rings. The number of nitrogens with zero attached hydrogens (tertiary/aromatic N) is 1. The Kier molecular flexibility index (Phi) is 5.42. The molecule has 2 rings (SSSR count). The van der Waals surface area contributed by atoms with Crippen molar-refractivity contribution in [3.8, 4) is 0 Å². The first kappa shape index (κ1) is 15.6. The molecule has 0 spiro atoms. The van der Waals surface area contributed by atoms with E-state index in [2.05, 4.69) is 10.2 Å². The molecule has 0 atom stereocenters. The van der Waals surface area contributed by atoms with Crippen molar-refractivity contribution >= 4 is 17.5 Å². The van der Waals surface area contributed by atoms with Crippen molar-refractivity contribution < 1.29 is 13.9 Å². The zero-order valence-electron chi connectivity index (χ0n) is 12.7. The van der Waals surface area contributed by atoms with Gasteiger partial charge in [-0.15, -0.1) is 0 Å². The molecule has 1 N–H and O–H groups in total. The molecule has 1 heterocycles. The highest BCUT2D eigenvalue weighted by atomic mass is 19.1. The van der Waals surface area contributed by atoms with Gasteiger partial charge in [-0.05, 0) is 43.4 Å². The molecule has 1 amide bonds. The molecule has 0 saturated carbocycles. The van der Waals surface area contributed by atoms with Crippen molar-refractivity contribution in [3.63, 3.8) is 0 Å². The summed E-state index contributed by atoms with van der Waals surface area (Å²) in [6, 6.07) is 4.78. The van der Waals surface area contributed by atoms with Gasteiger partial charge in [0.15, 0.2) is 0 Å². The van der Waals surface area contributed by atoms with Crippen LogP contribution in [0.3, 0.4) is 0 Å². The first-order chi connectivity index (χ1) is 10.1. The van der Waals surface area contributed by atoms with Gasteiger partial charge in [-0.2, -0.15) is 0 Å². The van der Waals surface area contributed by atoms with Gasteiger partial charge in [0, 0.05) is 18.8 Å². The molecule has 5 heteroatoms. The number of hydrogen-bond donors (Lipinski definition) is 1. The number of nitrogens with one attached hydrogen (secondary N) is 1. The molecule has 1 aliphatic heterocycles. The van der Waals surface area contributed by atoms with Gasteiger partial charge in [0.05, 0.1) is 12.3 Å². The molecule has 4 nitrogen and oxygen atoms in total. The zero-order chi connectivity index (χ0) is 15.2. The number of anilines is 2. The van der Waals surface area contributed by atoms with Crippen LogP contribution in [-0.2, 0) is 4.74 Å². The van der Waals surface area contributed by atoms with Gasteiger partial charge in [-0.25, -0.2) is 9.18 Å². The standard InChI is InChI=1S/C16H23FN2O2/c1-12(2)11-21-16(20)18-13-6-7-15(14(17)10-13)19-8-4-3-5-9-19/h6-7,10,12H,3-5,8-9,11H2,1-2H3,(H,18,20). The molecular formula is C16H23FN2O2. The maximum atomic E-state index is 14.2. The molecule has 21 heavy (non-hydrogen) atoms. The van der Waals surface area contributed by atoms with E-state index in [0.29, 0.717) is 18.0 Å². The van der Waals surface area contributed by atoms with Crippen LogP contribution >= 0.6 is 0 Å². The summed E-state index contributed by atoms with van der Waals surface area (Å²) in [5.41, 5.74) is 1.03. The number of amides is 1. The van der Waals surface area contributed by atoms with Crippen LogP contribution in [0, 0.1) is 11.7 Å². The van der Waals surface area contributed by atoms with Crippen molar-refractivity contribution in [2.24, 2.45) is 5.92 Å². The Hall–Kier alpha value is -1.78. The molecule has 0 radical (unpaired) electrons. The summed E-state index contributed by atoms with van der Waals surface area (Å²) < 4.78 is 19.2. The van der Waals surface area contributed by atoms with Crippen LogP contribution in [0.1, 0.15) is 33.1 Å². The second-order valence-corrected chi connectivity index (χ2v) is 5.83. The van der Waals surface area contributed by atoms with Crippen LogP contribution < -0.4 is 10.2 Å². The van der Waals surface area contributed by atoms with Crippen LogP contribution in [0.4, 0.5) is 20.6 Å². The minimum absolute atomic E-state index is 0.272. The summed E-state index contributed by atoms with van der Waals surface area (Å²) in [5.74, 6) is -0.0347. The zero-order valence-corrected chi connectivity index (χ0v) is 12.7. The largest absolute Gasteiger partial charge is 0.449 e. The highest BCUT2D eigenvalue weighted by Gasteiger charge is 2.15. The van der Waals surface area contributed by atoms with Crippen LogP contribution in [-0.4, -0.2) is 25.8 Å². The number of carbonyl (C=O) groups is 1. The molecule has 0 aromatic heterocycles. The third-order valence-electron chi connectivity index (χ3n) is 3.44. The molecule has 0 unspecified atom stereocenters. The van der Waals surface area contributed by atoms with E-state index in [1.165, 1.54) is 12.5 Å². The maximum Gasteiger partial charge on any atom is 0.411 e. The molecule has 0 bridgehead atoms. The third-order valence-corrected chi connectivity index (χ3v) is 3.44. The van der Waals surface area contributed by atoms with Crippen LogP contribution in [0.2, 0.25) is 0 Å². The number of halogens is 1. The maximum absolute atomic E-state index is 14.2. The average molecular weight is 294 g/mol. The highest BCUT2D eigenvalue weighted by molar-refractivity contribution is 5.84. The quantitative estimate of drug-likeness (QED) is 0.912. The van der Waals surface area contributed by atoms with Gasteiger partial charge in [-0.1, -0.05) is 13.8 Å². The lowest BCUT2D eigenvalue weighted by Crippen LogP contribution is -2.30. The number of hydrogen-bond acceptors (Lipinski definition) is 3. The minimum atomic E-state index is -0.547. The average Bonchev–Trinajstić information content (AvgIpc) is 2.46. The number of rotatable bonds is 4. The van der Waals surface area contributed by atoms with Gasteiger partial charge >= 0.3 is 6.09 Å². The van der Waals surface area contributed by atoms with Gasteiger partial charge in [-0.3, -0.25) is 5.32 Å². The summed E-state index contributed by atoms with van der Waals surface area (Å²) in [5, 5.41) is 2.55. The fourth-order valence-corrected chi connectivity index (χ4v) is 2.37. The fourth-order valence-electron chi connectivity index (χ4n) is 2.37. The molecule has 1 saturated heterocycles. The predicted octanol–water partition coefficient (Wildman–Crippen LogP) is 4.02. The molecular weight excluding hydrogens is 271 g/mol. The van der Waals surface area contributed by atoms with Gasteiger partial charge < -0.3 is 9.64 Å². The van der Waals surface area contributed by atoms with E-state index in [-0.39, 0.29) is 11.7 Å². The molecule has 0 aliphatic carbocycles. The van der Waals surface area contributed by atoms with Crippen molar-refractivity contribution in [3.05, 3.63) is 24.0 Å². The normalized spacial score (nSPS) is 15.1. The van der Waals surface area contributed by atoms with Crippen molar-refractivity contribution in [2.75, 3.05) is 29.9 Å². The monoisotopic (exact) mass is 294 g/mol. The van der Waals surface area contributed by atoms with Crippen LogP contribution in [0.15, 0.2) is 18.2 Å². The Morgan fingerprint density at radius 3 is 2.67 bits per heavy atom. The summed E-state index contributed by atoms with van der Waals surface area (Å²) >= 11 is 0. The Bertz CT molecular complexity index is 485. The number of carbonyl (C=O) groups excluding carboxylic acids is 1. The van der Waals surface area contributed by atoms with Gasteiger partial charge in [0.1, 0.15) is 5.82 Å². The van der Waals surface area contributed by atoms with E-state index in [1.54, 1.807) is 12.1 Å². The molecule has 1 aromatic rings. The van der Waals surface area contributed by atoms with Crippen molar-refractivity contribution in [1.82, 2.24) is 0 Å². The molecule has 1 aromatic carbocycles. The van der Waals surface area contributed by atoms with Crippen molar-refractivity contribution in [1.29, 1.82) is 0 Å². The van der Waals surface area contributed by atoms with E-state index in [4.69, 9.17) is 4.74 Å². The van der Waals surface area contributed by atoms with E-state index >= 15 is 0 Å². The second kappa shape index (κ2) is 7.29. The smallest absolute Gasteiger partial charge is 0.411 e. The predicted molar refractivity (Wildman–Crippen MR) is 82.3 cm³/mol. The molecule has 1 fully saturated rings. The number of benzene rings is 1. The van der Waals surface area contributed by atoms with E-state index in [0.717, 1.165) is 25.9 Å². The van der Waals surface area contributed by atoms with E-state index in [1.807, 2.05) is 13.8 Å². The Balaban J connectivity index is 1.96. The lowest BCUT2D eigenvalue weighted by Gasteiger charge is -2.29. The third kappa shape index (κ3) is 4.62. The molecule has 116 valence electrons. The summed E-state index contributed by atoms with van der Waals surface area (Å²) in [6.07, 6.45) is 2.86. The Labute approximate surface area is 125 Å². The van der Waals surface area contributed by atoms with Crippen LogP contribution in [0.5, 0.6) is 0 Å². The van der Waals surface area contributed by atoms with Crippen LogP contribution in [0.25, 0.3) is 0 Å². The lowest BCUT2D eigenvalue weighted by atomic mass is 10.1. The number of piperidine rings is 1. The fraction of sp³-hybridized carbons (Fsp3) is 0.562.